The highest BCUT2D eigenvalue weighted by Gasteiger charge is 2.27. The van der Waals surface area contributed by atoms with Gasteiger partial charge in [0.2, 0.25) is 0 Å². The lowest BCUT2D eigenvalue weighted by molar-refractivity contribution is 0.582. The molecule has 0 radical (unpaired) electrons. The van der Waals surface area contributed by atoms with Gasteiger partial charge < -0.3 is 5.73 Å². The number of rotatable bonds is 4. The fourth-order valence-electron chi connectivity index (χ4n) is 1.90. The van der Waals surface area contributed by atoms with Crippen molar-refractivity contribution in [1.29, 1.82) is 0 Å². The average molecular weight is 296 g/mol. The second-order valence-corrected chi connectivity index (χ2v) is 6.70. The monoisotopic (exact) mass is 295 g/mol. The molecule has 100 valence electrons. The molecule has 0 aliphatic rings. The molecule has 0 heterocycles. The Morgan fingerprint density at radius 1 is 1.00 bits per heavy atom. The predicted molar refractivity (Wildman–Crippen MR) is 76.9 cm³/mol. The van der Waals surface area contributed by atoms with Crippen molar-refractivity contribution in [2.24, 2.45) is 5.73 Å². The molecule has 19 heavy (non-hydrogen) atoms. The molecule has 0 aromatic heterocycles. The Labute approximate surface area is 117 Å². The van der Waals surface area contributed by atoms with Gasteiger partial charge in [0.05, 0.1) is 4.90 Å². The summed E-state index contributed by atoms with van der Waals surface area (Å²) in [7, 11) is -3.50. The number of halogens is 1. The minimum absolute atomic E-state index is 0.0367. The Bertz CT molecular complexity index is 639. The van der Waals surface area contributed by atoms with E-state index in [4.69, 9.17) is 17.3 Å². The normalized spacial score (nSPS) is 13.2. The van der Waals surface area contributed by atoms with Crippen molar-refractivity contribution in [2.45, 2.75) is 10.1 Å². The van der Waals surface area contributed by atoms with Gasteiger partial charge in [-0.15, -0.1) is 0 Å². The van der Waals surface area contributed by atoms with E-state index in [1.54, 1.807) is 36.4 Å². The van der Waals surface area contributed by atoms with Crippen LogP contribution in [0.3, 0.4) is 0 Å². The molecule has 0 aliphatic carbocycles. The summed E-state index contributed by atoms with van der Waals surface area (Å²) in [5.41, 5.74) is 6.35. The number of benzene rings is 2. The van der Waals surface area contributed by atoms with E-state index in [9.17, 15) is 8.42 Å². The molecule has 0 aliphatic heterocycles. The third-order valence-corrected chi connectivity index (χ3v) is 5.30. The first kappa shape index (κ1) is 14.1. The number of hydrogen-bond donors (Lipinski definition) is 1. The largest absolute Gasteiger partial charge is 0.329 e. The van der Waals surface area contributed by atoms with E-state index in [0.29, 0.717) is 10.6 Å². The average Bonchev–Trinajstić information content (AvgIpc) is 2.41. The van der Waals surface area contributed by atoms with Crippen LogP contribution in [0.5, 0.6) is 0 Å². The van der Waals surface area contributed by atoms with Gasteiger partial charge in [0.25, 0.3) is 0 Å². The van der Waals surface area contributed by atoms with Crippen molar-refractivity contribution >= 4 is 21.4 Å². The topological polar surface area (TPSA) is 60.2 Å². The highest BCUT2D eigenvalue weighted by Crippen LogP contribution is 2.28. The fourth-order valence-corrected chi connectivity index (χ4v) is 3.64. The maximum Gasteiger partial charge on any atom is 0.186 e. The lowest BCUT2D eigenvalue weighted by Crippen LogP contribution is -2.22. The molecule has 2 rings (SSSR count). The van der Waals surface area contributed by atoms with Crippen LogP contribution in [0.15, 0.2) is 59.5 Å². The predicted octanol–water partition coefficient (Wildman–Crippen LogP) is 2.81. The van der Waals surface area contributed by atoms with Gasteiger partial charge >= 0.3 is 0 Å². The highest BCUT2D eigenvalue weighted by molar-refractivity contribution is 7.91. The lowest BCUT2D eigenvalue weighted by Gasteiger charge is -2.16. The highest BCUT2D eigenvalue weighted by atomic mass is 35.5. The maximum atomic E-state index is 12.6. The molecule has 1 unspecified atom stereocenters. The van der Waals surface area contributed by atoms with Crippen LogP contribution in [0.1, 0.15) is 10.8 Å². The minimum atomic E-state index is -3.50. The first-order valence-corrected chi connectivity index (χ1v) is 7.72. The maximum absolute atomic E-state index is 12.6. The standard InChI is InChI=1S/C14H14ClNO2S/c15-12-6-8-13(9-7-12)19(17,18)14(10-16)11-4-2-1-3-5-11/h1-9,14H,10,16H2. The second kappa shape index (κ2) is 5.74. The summed E-state index contributed by atoms with van der Waals surface area (Å²) in [5, 5.41) is -0.238. The Balaban J connectivity index is 2.45. The van der Waals surface area contributed by atoms with E-state index in [1.165, 1.54) is 12.1 Å². The Hall–Kier alpha value is -1.36. The molecule has 3 nitrogen and oxygen atoms in total. The molecule has 0 amide bonds. The van der Waals surface area contributed by atoms with Gasteiger partial charge in [0.15, 0.2) is 9.84 Å². The molecule has 0 spiro atoms. The van der Waals surface area contributed by atoms with Crippen LogP contribution < -0.4 is 5.73 Å². The Morgan fingerprint density at radius 3 is 2.11 bits per heavy atom. The van der Waals surface area contributed by atoms with E-state index in [-0.39, 0.29) is 11.4 Å². The van der Waals surface area contributed by atoms with E-state index in [0.717, 1.165) is 0 Å². The summed E-state index contributed by atoms with van der Waals surface area (Å²) >= 11 is 5.77. The zero-order valence-electron chi connectivity index (χ0n) is 10.2. The minimum Gasteiger partial charge on any atom is -0.329 e. The van der Waals surface area contributed by atoms with Crippen molar-refractivity contribution in [2.75, 3.05) is 6.54 Å². The fraction of sp³-hybridized carbons (Fsp3) is 0.143. The van der Waals surface area contributed by atoms with Gasteiger partial charge in [-0.05, 0) is 29.8 Å². The summed E-state index contributed by atoms with van der Waals surface area (Å²) < 4.78 is 25.1. The van der Waals surface area contributed by atoms with Gasteiger partial charge in [0.1, 0.15) is 5.25 Å². The van der Waals surface area contributed by atoms with Gasteiger partial charge in [-0.1, -0.05) is 41.9 Å². The first-order valence-electron chi connectivity index (χ1n) is 5.80. The van der Waals surface area contributed by atoms with Crippen LogP contribution >= 0.6 is 11.6 Å². The van der Waals surface area contributed by atoms with E-state index in [2.05, 4.69) is 0 Å². The molecule has 0 saturated heterocycles. The third kappa shape index (κ3) is 2.97. The van der Waals surface area contributed by atoms with E-state index >= 15 is 0 Å². The molecular formula is C14H14ClNO2S. The molecule has 2 N–H and O–H groups in total. The Kier molecular flexibility index (Phi) is 4.24. The van der Waals surface area contributed by atoms with Crippen LogP contribution in [0.25, 0.3) is 0 Å². The second-order valence-electron chi connectivity index (χ2n) is 4.13. The molecule has 0 bridgehead atoms. The molecule has 5 heteroatoms. The molecule has 0 saturated carbocycles. The van der Waals surface area contributed by atoms with Gasteiger partial charge in [0, 0.05) is 11.6 Å². The van der Waals surface area contributed by atoms with Gasteiger partial charge in [-0.3, -0.25) is 0 Å². The third-order valence-electron chi connectivity index (χ3n) is 2.90. The van der Waals surface area contributed by atoms with Crippen molar-refractivity contribution in [1.82, 2.24) is 0 Å². The number of nitrogens with two attached hydrogens (primary N) is 1. The van der Waals surface area contributed by atoms with Crippen LogP contribution in [0, 0.1) is 0 Å². The molecule has 2 aromatic carbocycles. The van der Waals surface area contributed by atoms with Crippen molar-refractivity contribution in [3.05, 3.63) is 65.2 Å². The summed E-state index contributed by atoms with van der Waals surface area (Å²) in [6.45, 7) is 0.0367. The Morgan fingerprint density at radius 2 is 1.58 bits per heavy atom. The SMILES string of the molecule is NCC(c1ccccc1)S(=O)(=O)c1ccc(Cl)cc1. The van der Waals surface area contributed by atoms with Crippen molar-refractivity contribution in [3.63, 3.8) is 0 Å². The van der Waals surface area contributed by atoms with E-state index < -0.39 is 15.1 Å². The molecule has 0 fully saturated rings. The van der Waals surface area contributed by atoms with Crippen LogP contribution in [-0.2, 0) is 9.84 Å². The summed E-state index contributed by atoms with van der Waals surface area (Å²) in [5.74, 6) is 0. The molecule has 1 atom stereocenters. The van der Waals surface area contributed by atoms with E-state index in [1.807, 2.05) is 6.07 Å². The van der Waals surface area contributed by atoms with Crippen molar-refractivity contribution in [3.8, 4) is 0 Å². The summed E-state index contributed by atoms with van der Waals surface area (Å²) in [4.78, 5) is 0.233. The molecule has 2 aromatic rings. The van der Waals surface area contributed by atoms with Gasteiger partial charge in [-0.2, -0.15) is 0 Å². The zero-order chi connectivity index (χ0) is 13.9. The lowest BCUT2D eigenvalue weighted by atomic mass is 10.1. The quantitative estimate of drug-likeness (QED) is 0.943. The number of sulfone groups is 1. The zero-order valence-corrected chi connectivity index (χ0v) is 11.7. The van der Waals surface area contributed by atoms with Crippen LogP contribution in [0.4, 0.5) is 0 Å². The first-order chi connectivity index (χ1) is 9.05. The smallest absolute Gasteiger partial charge is 0.186 e. The van der Waals surface area contributed by atoms with Crippen LogP contribution in [0.2, 0.25) is 5.02 Å². The molecular weight excluding hydrogens is 282 g/mol. The van der Waals surface area contributed by atoms with Gasteiger partial charge in [-0.25, -0.2) is 8.42 Å². The summed E-state index contributed by atoms with van der Waals surface area (Å²) in [6.07, 6.45) is 0. The number of hydrogen-bond acceptors (Lipinski definition) is 3. The van der Waals surface area contributed by atoms with Crippen LogP contribution in [-0.4, -0.2) is 15.0 Å². The summed E-state index contributed by atoms with van der Waals surface area (Å²) in [6, 6.07) is 15.1. The van der Waals surface area contributed by atoms with Crippen molar-refractivity contribution < 1.29 is 8.42 Å².